The number of benzene rings is 1. The number of nitrogens with zero attached hydrogens (tertiary/aromatic N) is 4. The van der Waals surface area contributed by atoms with Crippen molar-refractivity contribution >= 4 is 0 Å². The lowest BCUT2D eigenvalue weighted by molar-refractivity contribution is -0.0144. The zero-order valence-electron chi connectivity index (χ0n) is 16.9. The van der Waals surface area contributed by atoms with Gasteiger partial charge in [0.25, 0.3) is 0 Å². The molecule has 28 heavy (non-hydrogen) atoms. The maximum Gasteiger partial charge on any atom is 0.159 e. The second-order valence-electron chi connectivity index (χ2n) is 8.34. The molecule has 1 aromatic heterocycles. The van der Waals surface area contributed by atoms with E-state index in [0.29, 0.717) is 6.04 Å². The van der Waals surface area contributed by atoms with E-state index in [0.717, 1.165) is 56.1 Å². The lowest BCUT2D eigenvalue weighted by atomic mass is 9.99. The van der Waals surface area contributed by atoms with Crippen LogP contribution in [0.2, 0.25) is 0 Å². The highest BCUT2D eigenvalue weighted by Crippen LogP contribution is 2.23. The summed E-state index contributed by atoms with van der Waals surface area (Å²) in [6.45, 7) is 6.95. The molecule has 2 saturated heterocycles. The summed E-state index contributed by atoms with van der Waals surface area (Å²) in [5, 5.41) is 10.8. The van der Waals surface area contributed by atoms with Crippen molar-refractivity contribution in [2.45, 2.75) is 57.7 Å². The molecule has 0 radical (unpaired) electrons. The molecule has 0 unspecified atom stereocenters. The van der Waals surface area contributed by atoms with Gasteiger partial charge in [-0.1, -0.05) is 37.1 Å². The number of likely N-dealkylation sites (tertiary alicyclic amines) is 2. The molecule has 0 amide bonds. The zero-order valence-corrected chi connectivity index (χ0v) is 16.9. The average Bonchev–Trinajstić information content (AvgIpc) is 2.99. The number of aliphatic hydroxyl groups is 1. The Morgan fingerprint density at radius 2 is 1.71 bits per heavy atom. The summed E-state index contributed by atoms with van der Waals surface area (Å²) < 4.78 is 0. The van der Waals surface area contributed by atoms with Crippen LogP contribution in [0.4, 0.5) is 0 Å². The number of aryl methyl sites for hydroxylation is 1. The SMILES string of the molecule is Cc1ccccc1-c1ncc(CN2CC[C@@H](N3CCCCCC3)[C@H](O)C2)cn1. The number of aliphatic hydroxyl groups excluding tert-OH is 1. The summed E-state index contributed by atoms with van der Waals surface area (Å²) in [7, 11) is 0. The number of piperidine rings is 1. The maximum absolute atomic E-state index is 10.8. The van der Waals surface area contributed by atoms with Crippen LogP contribution in [0.3, 0.4) is 0 Å². The third-order valence-electron chi connectivity index (χ3n) is 6.24. The third kappa shape index (κ3) is 4.59. The van der Waals surface area contributed by atoms with Crippen LogP contribution in [0.15, 0.2) is 36.7 Å². The summed E-state index contributed by atoms with van der Waals surface area (Å²) >= 11 is 0. The molecule has 1 aromatic carbocycles. The minimum Gasteiger partial charge on any atom is -0.390 e. The Labute approximate surface area is 168 Å². The molecule has 0 spiro atoms. The summed E-state index contributed by atoms with van der Waals surface area (Å²) in [5.41, 5.74) is 3.38. The number of hydrogen-bond acceptors (Lipinski definition) is 5. The molecule has 3 heterocycles. The van der Waals surface area contributed by atoms with Crippen LogP contribution in [0, 0.1) is 6.92 Å². The van der Waals surface area contributed by atoms with Gasteiger partial charge in [0.15, 0.2) is 5.82 Å². The van der Waals surface area contributed by atoms with Crippen molar-refractivity contribution in [1.29, 1.82) is 0 Å². The van der Waals surface area contributed by atoms with Crippen LogP contribution in [0.1, 0.15) is 43.2 Å². The summed E-state index contributed by atoms with van der Waals surface area (Å²) in [6, 6.07) is 8.54. The van der Waals surface area contributed by atoms with E-state index in [1.807, 2.05) is 24.5 Å². The standard InChI is InChI=1S/C23H32N4O/c1-18-8-4-5-9-20(18)23-24-14-19(15-25-23)16-26-13-10-21(22(28)17-26)27-11-6-2-3-7-12-27/h4-5,8-9,14-15,21-22,28H,2-3,6-7,10-13,16-17H2,1H3/t21-,22-/m1/s1. The topological polar surface area (TPSA) is 52.5 Å². The Balaban J connectivity index is 1.34. The molecule has 0 saturated carbocycles. The minimum absolute atomic E-state index is 0.265. The molecule has 2 aromatic rings. The predicted molar refractivity (Wildman–Crippen MR) is 112 cm³/mol. The van der Waals surface area contributed by atoms with Gasteiger partial charge in [-0.05, 0) is 44.8 Å². The largest absolute Gasteiger partial charge is 0.390 e. The molecule has 2 aliphatic rings. The van der Waals surface area contributed by atoms with Gasteiger partial charge in [-0.25, -0.2) is 9.97 Å². The van der Waals surface area contributed by atoms with Gasteiger partial charge in [0.1, 0.15) is 0 Å². The van der Waals surface area contributed by atoms with Crippen LogP contribution in [0.25, 0.3) is 11.4 Å². The number of β-amino-alcohol motifs (C(OH)–C–C–N with tert-alkyl or cyclic N) is 1. The molecule has 0 bridgehead atoms. The molecule has 5 heteroatoms. The highest BCUT2D eigenvalue weighted by atomic mass is 16.3. The van der Waals surface area contributed by atoms with Gasteiger partial charge in [-0.3, -0.25) is 9.80 Å². The minimum atomic E-state index is -0.265. The van der Waals surface area contributed by atoms with Gasteiger partial charge in [-0.2, -0.15) is 0 Å². The van der Waals surface area contributed by atoms with Crippen molar-refractivity contribution in [2.24, 2.45) is 0 Å². The molecule has 2 fully saturated rings. The number of rotatable bonds is 4. The first-order chi connectivity index (χ1) is 13.7. The van der Waals surface area contributed by atoms with Gasteiger partial charge in [0, 0.05) is 49.2 Å². The molecular weight excluding hydrogens is 348 g/mol. The summed E-state index contributed by atoms with van der Waals surface area (Å²) in [6.07, 6.45) is 9.87. The van der Waals surface area contributed by atoms with Crippen LogP contribution in [-0.4, -0.2) is 63.2 Å². The van der Waals surface area contributed by atoms with E-state index >= 15 is 0 Å². The van der Waals surface area contributed by atoms with Crippen LogP contribution in [0.5, 0.6) is 0 Å². The summed E-state index contributed by atoms with van der Waals surface area (Å²) in [5.74, 6) is 0.779. The van der Waals surface area contributed by atoms with Crippen LogP contribution < -0.4 is 0 Å². The van der Waals surface area contributed by atoms with E-state index in [9.17, 15) is 5.11 Å². The first-order valence-corrected chi connectivity index (χ1v) is 10.7. The quantitative estimate of drug-likeness (QED) is 0.882. The van der Waals surface area contributed by atoms with Crippen molar-refractivity contribution in [3.05, 3.63) is 47.8 Å². The fraction of sp³-hybridized carbons (Fsp3) is 0.565. The van der Waals surface area contributed by atoms with Crippen molar-refractivity contribution in [2.75, 3.05) is 26.2 Å². The number of hydrogen-bond donors (Lipinski definition) is 1. The average molecular weight is 381 g/mol. The monoisotopic (exact) mass is 380 g/mol. The first-order valence-electron chi connectivity index (χ1n) is 10.7. The van der Waals surface area contributed by atoms with Crippen molar-refractivity contribution in [3.63, 3.8) is 0 Å². The molecular formula is C23H32N4O. The van der Waals surface area contributed by atoms with E-state index in [1.165, 1.54) is 31.2 Å². The van der Waals surface area contributed by atoms with E-state index in [2.05, 4.69) is 38.8 Å². The second kappa shape index (κ2) is 9.12. The van der Waals surface area contributed by atoms with Gasteiger partial charge in [-0.15, -0.1) is 0 Å². The second-order valence-corrected chi connectivity index (χ2v) is 8.34. The molecule has 4 rings (SSSR count). The van der Waals surface area contributed by atoms with E-state index in [-0.39, 0.29) is 6.10 Å². The van der Waals surface area contributed by atoms with Crippen molar-refractivity contribution in [1.82, 2.24) is 19.8 Å². The Morgan fingerprint density at radius 3 is 2.39 bits per heavy atom. The highest BCUT2D eigenvalue weighted by molar-refractivity contribution is 5.59. The van der Waals surface area contributed by atoms with E-state index in [1.54, 1.807) is 0 Å². The molecule has 1 N–H and O–H groups in total. The Bertz CT molecular complexity index is 755. The molecule has 2 atom stereocenters. The first kappa shape index (κ1) is 19.5. The normalized spacial score (nSPS) is 24.8. The van der Waals surface area contributed by atoms with Gasteiger partial charge in [0.05, 0.1) is 6.10 Å². The number of aromatic nitrogens is 2. The predicted octanol–water partition coefficient (Wildman–Crippen LogP) is 3.26. The Hall–Kier alpha value is -1.82. The lowest BCUT2D eigenvalue weighted by Crippen LogP contribution is -2.54. The summed E-state index contributed by atoms with van der Waals surface area (Å²) in [4.78, 5) is 14.0. The smallest absolute Gasteiger partial charge is 0.159 e. The molecule has 2 aliphatic heterocycles. The third-order valence-corrected chi connectivity index (χ3v) is 6.24. The fourth-order valence-corrected chi connectivity index (χ4v) is 4.64. The van der Waals surface area contributed by atoms with E-state index < -0.39 is 0 Å². The lowest BCUT2D eigenvalue weighted by Gasteiger charge is -2.41. The molecule has 5 nitrogen and oxygen atoms in total. The van der Waals surface area contributed by atoms with Crippen molar-refractivity contribution < 1.29 is 5.11 Å². The van der Waals surface area contributed by atoms with Crippen LogP contribution in [-0.2, 0) is 6.54 Å². The molecule has 0 aliphatic carbocycles. The van der Waals surface area contributed by atoms with Gasteiger partial charge < -0.3 is 5.11 Å². The van der Waals surface area contributed by atoms with Gasteiger partial charge >= 0.3 is 0 Å². The zero-order chi connectivity index (χ0) is 19.3. The fourth-order valence-electron chi connectivity index (χ4n) is 4.64. The Morgan fingerprint density at radius 1 is 1.00 bits per heavy atom. The highest BCUT2D eigenvalue weighted by Gasteiger charge is 2.32. The van der Waals surface area contributed by atoms with E-state index in [4.69, 9.17) is 0 Å². The maximum atomic E-state index is 10.8. The molecule has 150 valence electrons. The Kier molecular flexibility index (Phi) is 6.35. The van der Waals surface area contributed by atoms with Crippen LogP contribution >= 0.6 is 0 Å². The van der Waals surface area contributed by atoms with Crippen molar-refractivity contribution in [3.8, 4) is 11.4 Å². The van der Waals surface area contributed by atoms with Gasteiger partial charge in [0.2, 0.25) is 0 Å².